The monoisotopic (exact) mass is 182 g/mol. The summed E-state index contributed by atoms with van der Waals surface area (Å²) in [7, 11) is 0. The van der Waals surface area contributed by atoms with Gasteiger partial charge in [-0.1, -0.05) is 0 Å². The van der Waals surface area contributed by atoms with Gasteiger partial charge in [-0.05, 0) is 12.1 Å². The van der Waals surface area contributed by atoms with E-state index in [2.05, 4.69) is 10.2 Å². The predicted octanol–water partition coefficient (Wildman–Crippen LogP) is 2.01. The van der Waals surface area contributed by atoms with E-state index in [0.29, 0.717) is 0 Å². The second-order valence-corrected chi connectivity index (χ2v) is 2.37. The van der Waals surface area contributed by atoms with Crippen molar-refractivity contribution in [2.45, 2.75) is 0 Å². The minimum absolute atomic E-state index is 0.0394. The zero-order chi connectivity index (χ0) is 9.26. The van der Waals surface area contributed by atoms with Gasteiger partial charge in [-0.15, -0.1) is 10.2 Å². The normalized spacial score (nSPS) is 10.3. The average molecular weight is 182 g/mol. The van der Waals surface area contributed by atoms with E-state index in [-0.39, 0.29) is 11.5 Å². The quantitative estimate of drug-likeness (QED) is 0.677. The molecule has 0 atom stereocenters. The molecule has 0 radical (unpaired) electrons. The van der Waals surface area contributed by atoms with Crippen LogP contribution in [0.4, 0.5) is 8.78 Å². The minimum atomic E-state index is -0.718. The summed E-state index contributed by atoms with van der Waals surface area (Å²) in [6.07, 6.45) is 1.08. The van der Waals surface area contributed by atoms with E-state index in [1.807, 2.05) is 0 Å². The molecule has 0 fully saturated rings. The molecule has 2 rings (SSSR count). The Morgan fingerprint density at radius 1 is 1.23 bits per heavy atom. The standard InChI is InChI=1S/C8H4F2N2O/c9-5-1-2-6(7(10)3-5)8-12-11-4-13-8/h1-4H. The van der Waals surface area contributed by atoms with Crippen molar-refractivity contribution >= 4 is 0 Å². The highest BCUT2D eigenvalue weighted by Gasteiger charge is 2.09. The predicted molar refractivity (Wildman–Crippen MR) is 39.7 cm³/mol. The second kappa shape index (κ2) is 2.93. The molecule has 0 bridgehead atoms. The third-order valence-corrected chi connectivity index (χ3v) is 1.52. The Balaban J connectivity index is 2.53. The van der Waals surface area contributed by atoms with Gasteiger partial charge in [0.1, 0.15) is 11.6 Å². The molecule has 1 aromatic heterocycles. The summed E-state index contributed by atoms with van der Waals surface area (Å²) in [5, 5.41) is 6.88. The lowest BCUT2D eigenvalue weighted by atomic mass is 10.2. The zero-order valence-corrected chi connectivity index (χ0v) is 6.37. The average Bonchev–Trinajstić information content (AvgIpc) is 2.56. The first-order chi connectivity index (χ1) is 6.27. The fourth-order valence-electron chi connectivity index (χ4n) is 0.953. The topological polar surface area (TPSA) is 38.9 Å². The van der Waals surface area contributed by atoms with Gasteiger partial charge in [0.15, 0.2) is 0 Å². The van der Waals surface area contributed by atoms with Crippen LogP contribution in [0.5, 0.6) is 0 Å². The van der Waals surface area contributed by atoms with Crippen molar-refractivity contribution < 1.29 is 13.2 Å². The van der Waals surface area contributed by atoms with Crippen molar-refractivity contribution in [1.29, 1.82) is 0 Å². The lowest BCUT2D eigenvalue weighted by molar-refractivity contribution is 0.551. The van der Waals surface area contributed by atoms with E-state index >= 15 is 0 Å². The molecular weight excluding hydrogens is 178 g/mol. The van der Waals surface area contributed by atoms with E-state index < -0.39 is 11.6 Å². The molecule has 1 aromatic carbocycles. The van der Waals surface area contributed by atoms with Gasteiger partial charge in [-0.2, -0.15) is 0 Å². The van der Waals surface area contributed by atoms with Crippen LogP contribution >= 0.6 is 0 Å². The number of rotatable bonds is 1. The Morgan fingerprint density at radius 3 is 2.69 bits per heavy atom. The smallest absolute Gasteiger partial charge is 0.250 e. The van der Waals surface area contributed by atoms with Gasteiger partial charge in [-0.3, -0.25) is 0 Å². The lowest BCUT2D eigenvalue weighted by Gasteiger charge is -1.96. The summed E-state index contributed by atoms with van der Waals surface area (Å²) >= 11 is 0. The van der Waals surface area contributed by atoms with Crippen LogP contribution in [0.3, 0.4) is 0 Å². The molecule has 0 saturated carbocycles. The molecular formula is C8H4F2N2O. The van der Waals surface area contributed by atoms with Gasteiger partial charge in [0.25, 0.3) is 0 Å². The van der Waals surface area contributed by atoms with Crippen molar-refractivity contribution in [3.63, 3.8) is 0 Å². The highest BCUT2D eigenvalue weighted by molar-refractivity contribution is 5.52. The van der Waals surface area contributed by atoms with E-state index in [9.17, 15) is 8.78 Å². The van der Waals surface area contributed by atoms with Crippen LogP contribution in [0.2, 0.25) is 0 Å². The van der Waals surface area contributed by atoms with Crippen LogP contribution in [0.15, 0.2) is 29.0 Å². The van der Waals surface area contributed by atoms with Crippen LogP contribution < -0.4 is 0 Å². The highest BCUT2D eigenvalue weighted by Crippen LogP contribution is 2.20. The molecule has 2 aromatic rings. The molecule has 13 heavy (non-hydrogen) atoms. The Labute approximate surface area is 72.0 Å². The molecule has 1 heterocycles. The minimum Gasteiger partial charge on any atom is -0.423 e. The SMILES string of the molecule is Fc1ccc(-c2nnco2)c(F)c1. The summed E-state index contributed by atoms with van der Waals surface area (Å²) in [6.45, 7) is 0. The summed E-state index contributed by atoms with van der Waals surface area (Å²) < 4.78 is 30.3. The number of hydrogen-bond acceptors (Lipinski definition) is 3. The van der Waals surface area contributed by atoms with Gasteiger partial charge < -0.3 is 4.42 Å². The third-order valence-electron chi connectivity index (χ3n) is 1.52. The maximum atomic E-state index is 13.0. The van der Waals surface area contributed by atoms with Crippen molar-refractivity contribution in [3.8, 4) is 11.5 Å². The van der Waals surface area contributed by atoms with Crippen LogP contribution in [-0.2, 0) is 0 Å². The van der Waals surface area contributed by atoms with E-state index in [0.717, 1.165) is 18.5 Å². The first-order valence-electron chi connectivity index (χ1n) is 3.49. The van der Waals surface area contributed by atoms with E-state index in [4.69, 9.17) is 4.42 Å². The fourth-order valence-corrected chi connectivity index (χ4v) is 0.953. The van der Waals surface area contributed by atoms with Crippen LogP contribution in [0.1, 0.15) is 0 Å². The Hall–Kier alpha value is -1.78. The largest absolute Gasteiger partial charge is 0.423 e. The van der Waals surface area contributed by atoms with Crippen molar-refractivity contribution in [2.75, 3.05) is 0 Å². The van der Waals surface area contributed by atoms with Crippen molar-refractivity contribution in [2.24, 2.45) is 0 Å². The highest BCUT2D eigenvalue weighted by atomic mass is 19.1. The van der Waals surface area contributed by atoms with Crippen LogP contribution in [-0.4, -0.2) is 10.2 Å². The molecule has 0 saturated heterocycles. The molecule has 0 aliphatic carbocycles. The van der Waals surface area contributed by atoms with E-state index in [1.54, 1.807) is 0 Å². The molecule has 3 nitrogen and oxygen atoms in total. The van der Waals surface area contributed by atoms with Gasteiger partial charge in [0, 0.05) is 6.07 Å². The second-order valence-electron chi connectivity index (χ2n) is 2.37. The van der Waals surface area contributed by atoms with Crippen molar-refractivity contribution in [1.82, 2.24) is 10.2 Å². The zero-order valence-electron chi connectivity index (χ0n) is 6.37. The number of benzene rings is 1. The molecule has 0 aliphatic heterocycles. The van der Waals surface area contributed by atoms with Crippen LogP contribution in [0, 0.1) is 11.6 Å². The third kappa shape index (κ3) is 1.40. The van der Waals surface area contributed by atoms with Gasteiger partial charge >= 0.3 is 0 Å². The molecule has 0 N–H and O–H groups in total. The molecule has 0 unspecified atom stereocenters. The van der Waals surface area contributed by atoms with E-state index in [1.165, 1.54) is 6.07 Å². The number of halogens is 2. The summed E-state index contributed by atoms with van der Waals surface area (Å²) in [5.41, 5.74) is 0.0962. The number of aromatic nitrogens is 2. The summed E-state index contributed by atoms with van der Waals surface area (Å²) in [5.74, 6) is -1.32. The maximum absolute atomic E-state index is 13.0. The molecule has 0 amide bonds. The molecule has 0 spiro atoms. The van der Waals surface area contributed by atoms with Gasteiger partial charge in [-0.25, -0.2) is 8.78 Å². The van der Waals surface area contributed by atoms with Gasteiger partial charge in [0.05, 0.1) is 5.56 Å². The van der Waals surface area contributed by atoms with Gasteiger partial charge in [0.2, 0.25) is 12.3 Å². The van der Waals surface area contributed by atoms with Crippen molar-refractivity contribution in [3.05, 3.63) is 36.2 Å². The first-order valence-corrected chi connectivity index (χ1v) is 3.49. The lowest BCUT2D eigenvalue weighted by Crippen LogP contribution is -1.86. The summed E-state index contributed by atoms with van der Waals surface area (Å²) in [4.78, 5) is 0. The summed E-state index contributed by atoms with van der Waals surface area (Å²) in [6, 6.07) is 3.14. The molecule has 0 aliphatic rings. The number of nitrogens with zero attached hydrogens (tertiary/aromatic N) is 2. The molecule has 5 heteroatoms. The first kappa shape index (κ1) is 7.85. The Morgan fingerprint density at radius 2 is 2.08 bits per heavy atom. The Bertz CT molecular complexity index is 414. The molecule has 66 valence electrons. The fraction of sp³-hybridized carbons (Fsp3) is 0. The number of hydrogen-bond donors (Lipinski definition) is 0. The Kier molecular flexibility index (Phi) is 1.77. The van der Waals surface area contributed by atoms with Crippen LogP contribution in [0.25, 0.3) is 11.5 Å². The maximum Gasteiger partial charge on any atom is 0.250 e.